The minimum Gasteiger partial charge on any atom is -0.353 e. The number of hydrogen-bond donors (Lipinski definition) is 2. The van der Waals surface area contributed by atoms with E-state index >= 15 is 0 Å². The summed E-state index contributed by atoms with van der Waals surface area (Å²) in [5, 5.41) is 3.17. The van der Waals surface area contributed by atoms with Crippen LogP contribution in [-0.2, 0) is 11.2 Å². The van der Waals surface area contributed by atoms with E-state index in [4.69, 9.17) is 5.73 Å². The lowest BCUT2D eigenvalue weighted by Crippen LogP contribution is -2.45. The zero-order valence-corrected chi connectivity index (χ0v) is 13.0. The Kier molecular flexibility index (Phi) is 6.83. The van der Waals surface area contributed by atoms with Crippen molar-refractivity contribution in [2.45, 2.75) is 45.1 Å². The normalized spacial score (nSPS) is 22.6. The number of halogens is 1. The van der Waals surface area contributed by atoms with Crippen LogP contribution in [0.25, 0.3) is 0 Å². The smallest absolute Gasteiger partial charge is 0.225 e. The number of amides is 1. The van der Waals surface area contributed by atoms with Gasteiger partial charge < -0.3 is 11.1 Å². The van der Waals surface area contributed by atoms with Gasteiger partial charge in [0, 0.05) is 15.8 Å². The standard InChI is InChI=1S/C14H22N2OS.ClH/c1-10-6-7-12(18-10)8-14(17)16-13-5-3-2-4-11(13)9-15;/h6-7,11,13H,2-5,8-9,15H2,1H3,(H,16,17);1H. The highest BCUT2D eigenvalue weighted by Crippen LogP contribution is 2.24. The molecule has 0 aliphatic heterocycles. The Morgan fingerprint density at radius 3 is 2.79 bits per heavy atom. The van der Waals surface area contributed by atoms with E-state index in [0.29, 0.717) is 18.9 Å². The van der Waals surface area contributed by atoms with Gasteiger partial charge in [-0.15, -0.1) is 23.7 Å². The van der Waals surface area contributed by atoms with E-state index in [0.717, 1.165) is 17.7 Å². The highest BCUT2D eigenvalue weighted by molar-refractivity contribution is 7.12. The zero-order valence-electron chi connectivity index (χ0n) is 11.4. The Labute approximate surface area is 125 Å². The number of aryl methyl sites for hydroxylation is 1. The van der Waals surface area contributed by atoms with Gasteiger partial charge in [0.15, 0.2) is 0 Å². The largest absolute Gasteiger partial charge is 0.353 e. The summed E-state index contributed by atoms with van der Waals surface area (Å²) >= 11 is 1.70. The minimum atomic E-state index is 0. The van der Waals surface area contributed by atoms with E-state index in [-0.39, 0.29) is 24.4 Å². The highest BCUT2D eigenvalue weighted by atomic mass is 35.5. The first-order valence-corrected chi connectivity index (χ1v) is 7.55. The van der Waals surface area contributed by atoms with E-state index in [9.17, 15) is 4.79 Å². The molecule has 1 heterocycles. The maximum atomic E-state index is 12.0. The summed E-state index contributed by atoms with van der Waals surface area (Å²) in [6.07, 6.45) is 5.20. The predicted molar refractivity (Wildman–Crippen MR) is 83.0 cm³/mol. The van der Waals surface area contributed by atoms with Crippen LogP contribution in [0.4, 0.5) is 0 Å². The molecule has 1 amide bonds. The van der Waals surface area contributed by atoms with Gasteiger partial charge in [-0.2, -0.15) is 0 Å². The van der Waals surface area contributed by atoms with E-state index in [1.807, 2.05) is 6.07 Å². The molecule has 3 N–H and O–H groups in total. The van der Waals surface area contributed by atoms with Crippen molar-refractivity contribution in [1.82, 2.24) is 5.32 Å². The maximum Gasteiger partial charge on any atom is 0.225 e. The third-order valence-electron chi connectivity index (χ3n) is 3.69. The van der Waals surface area contributed by atoms with Crippen LogP contribution >= 0.6 is 23.7 Å². The number of hydrogen-bond acceptors (Lipinski definition) is 3. The van der Waals surface area contributed by atoms with Crippen LogP contribution in [0.3, 0.4) is 0 Å². The van der Waals surface area contributed by atoms with Gasteiger partial charge >= 0.3 is 0 Å². The fourth-order valence-corrected chi connectivity index (χ4v) is 3.56. The van der Waals surface area contributed by atoms with Crippen molar-refractivity contribution >= 4 is 29.7 Å². The molecule has 1 aliphatic rings. The van der Waals surface area contributed by atoms with Crippen molar-refractivity contribution in [2.24, 2.45) is 11.7 Å². The third kappa shape index (κ3) is 4.79. The second-order valence-electron chi connectivity index (χ2n) is 5.14. The molecular weight excluding hydrogens is 280 g/mol. The Bertz CT molecular complexity index is 408. The number of nitrogens with two attached hydrogens (primary N) is 1. The molecule has 5 heteroatoms. The summed E-state index contributed by atoms with van der Waals surface area (Å²) in [7, 11) is 0. The number of nitrogens with one attached hydrogen (secondary N) is 1. The van der Waals surface area contributed by atoms with Crippen LogP contribution in [0.2, 0.25) is 0 Å². The molecular formula is C14H23ClN2OS. The third-order valence-corrected chi connectivity index (χ3v) is 4.69. The molecule has 3 nitrogen and oxygen atoms in total. The number of thiophene rings is 1. The quantitative estimate of drug-likeness (QED) is 0.898. The summed E-state index contributed by atoms with van der Waals surface area (Å²) in [4.78, 5) is 14.4. The second-order valence-corrected chi connectivity index (χ2v) is 6.52. The Morgan fingerprint density at radius 1 is 1.42 bits per heavy atom. The molecule has 1 saturated carbocycles. The van der Waals surface area contributed by atoms with Crippen molar-refractivity contribution in [1.29, 1.82) is 0 Å². The van der Waals surface area contributed by atoms with Crippen LogP contribution in [0.1, 0.15) is 35.4 Å². The molecule has 0 saturated heterocycles. The zero-order chi connectivity index (χ0) is 13.0. The molecule has 2 rings (SSSR count). The molecule has 0 radical (unpaired) electrons. The molecule has 1 fully saturated rings. The molecule has 1 aromatic heterocycles. The van der Waals surface area contributed by atoms with Crippen LogP contribution < -0.4 is 11.1 Å². The van der Waals surface area contributed by atoms with Crippen molar-refractivity contribution in [3.63, 3.8) is 0 Å². The average molecular weight is 303 g/mol. The molecule has 0 spiro atoms. The summed E-state index contributed by atoms with van der Waals surface area (Å²) in [5.74, 6) is 0.606. The van der Waals surface area contributed by atoms with Gasteiger partial charge in [-0.05, 0) is 44.4 Å². The first-order chi connectivity index (χ1) is 8.69. The molecule has 0 aromatic carbocycles. The molecule has 1 aromatic rings. The van der Waals surface area contributed by atoms with Gasteiger partial charge in [0.25, 0.3) is 0 Å². The van der Waals surface area contributed by atoms with Gasteiger partial charge in [0.05, 0.1) is 6.42 Å². The van der Waals surface area contributed by atoms with E-state index < -0.39 is 0 Å². The number of carbonyl (C=O) groups is 1. The Balaban J connectivity index is 0.00000180. The Hall–Kier alpha value is -0.580. The van der Waals surface area contributed by atoms with Crippen LogP contribution in [-0.4, -0.2) is 18.5 Å². The van der Waals surface area contributed by atoms with Gasteiger partial charge in [0.1, 0.15) is 0 Å². The Morgan fingerprint density at radius 2 is 2.16 bits per heavy atom. The van der Waals surface area contributed by atoms with Crippen molar-refractivity contribution in [2.75, 3.05) is 6.54 Å². The molecule has 108 valence electrons. The maximum absolute atomic E-state index is 12.0. The summed E-state index contributed by atoms with van der Waals surface area (Å²) in [5.41, 5.74) is 5.78. The number of carbonyl (C=O) groups excluding carboxylic acids is 1. The molecule has 2 unspecified atom stereocenters. The lowest BCUT2D eigenvalue weighted by atomic mass is 9.84. The van der Waals surface area contributed by atoms with Crippen LogP contribution in [0, 0.1) is 12.8 Å². The van der Waals surface area contributed by atoms with Gasteiger partial charge in [0.2, 0.25) is 5.91 Å². The summed E-state index contributed by atoms with van der Waals surface area (Å²) in [6, 6.07) is 4.40. The first-order valence-electron chi connectivity index (χ1n) is 6.74. The average Bonchev–Trinajstić information content (AvgIpc) is 2.75. The van der Waals surface area contributed by atoms with Gasteiger partial charge in [-0.1, -0.05) is 12.8 Å². The second kappa shape index (κ2) is 7.88. The first kappa shape index (κ1) is 16.5. The van der Waals surface area contributed by atoms with Crippen molar-refractivity contribution in [3.8, 4) is 0 Å². The summed E-state index contributed by atoms with van der Waals surface area (Å²) in [6.45, 7) is 2.75. The minimum absolute atomic E-state index is 0. The van der Waals surface area contributed by atoms with Crippen LogP contribution in [0.15, 0.2) is 12.1 Å². The van der Waals surface area contributed by atoms with Crippen molar-refractivity contribution in [3.05, 3.63) is 21.9 Å². The molecule has 1 aliphatic carbocycles. The topological polar surface area (TPSA) is 55.1 Å². The number of rotatable bonds is 4. The molecule has 2 atom stereocenters. The van der Waals surface area contributed by atoms with E-state index in [1.54, 1.807) is 11.3 Å². The van der Waals surface area contributed by atoms with Crippen molar-refractivity contribution < 1.29 is 4.79 Å². The van der Waals surface area contributed by atoms with E-state index in [1.165, 1.54) is 17.7 Å². The van der Waals surface area contributed by atoms with Crippen LogP contribution in [0.5, 0.6) is 0 Å². The summed E-state index contributed by atoms with van der Waals surface area (Å²) < 4.78 is 0. The predicted octanol–water partition coefficient (Wildman–Crippen LogP) is 2.65. The highest BCUT2D eigenvalue weighted by Gasteiger charge is 2.25. The SMILES string of the molecule is Cc1ccc(CC(=O)NC2CCCCC2CN)s1.Cl. The monoisotopic (exact) mass is 302 g/mol. The van der Waals surface area contributed by atoms with Gasteiger partial charge in [-0.3, -0.25) is 4.79 Å². The van der Waals surface area contributed by atoms with E-state index in [2.05, 4.69) is 18.3 Å². The molecule has 19 heavy (non-hydrogen) atoms. The fourth-order valence-electron chi connectivity index (χ4n) is 2.68. The fraction of sp³-hybridized carbons (Fsp3) is 0.643. The lowest BCUT2D eigenvalue weighted by Gasteiger charge is -2.31. The van der Waals surface area contributed by atoms with Gasteiger partial charge in [-0.25, -0.2) is 0 Å². The molecule has 0 bridgehead atoms. The lowest BCUT2D eigenvalue weighted by molar-refractivity contribution is -0.121.